The van der Waals surface area contributed by atoms with Crippen molar-refractivity contribution in [3.05, 3.63) is 30.1 Å². The molecule has 1 saturated heterocycles. The number of hydrogen-bond acceptors (Lipinski definition) is 3. The minimum atomic E-state index is 0.271. The zero-order valence-electron chi connectivity index (χ0n) is 8.26. The number of rotatable bonds is 3. The van der Waals surface area contributed by atoms with E-state index in [1.165, 1.54) is 6.42 Å². The Balaban J connectivity index is 1.97. The predicted molar refractivity (Wildman–Crippen MR) is 54.8 cm³/mol. The maximum absolute atomic E-state index is 9.15. The molecule has 1 aromatic rings. The fraction of sp³-hybridized carbons (Fsp3) is 0.545. The van der Waals surface area contributed by atoms with Gasteiger partial charge in [0.2, 0.25) is 0 Å². The molecule has 0 bridgehead atoms. The fourth-order valence-electron chi connectivity index (χ4n) is 2.01. The molecule has 0 aromatic carbocycles. The number of likely N-dealkylation sites (tertiary alicyclic amines) is 1. The van der Waals surface area contributed by atoms with Crippen molar-refractivity contribution in [2.45, 2.75) is 25.4 Å². The van der Waals surface area contributed by atoms with Crippen molar-refractivity contribution in [2.24, 2.45) is 0 Å². The van der Waals surface area contributed by atoms with E-state index in [-0.39, 0.29) is 6.61 Å². The summed E-state index contributed by atoms with van der Waals surface area (Å²) in [6.45, 7) is 2.22. The average Bonchev–Trinajstić information content (AvgIpc) is 2.67. The van der Waals surface area contributed by atoms with Crippen LogP contribution in [-0.2, 0) is 6.54 Å². The van der Waals surface area contributed by atoms with E-state index < -0.39 is 0 Å². The molecule has 1 fully saturated rings. The van der Waals surface area contributed by atoms with E-state index in [0.29, 0.717) is 6.04 Å². The zero-order chi connectivity index (χ0) is 9.80. The van der Waals surface area contributed by atoms with Crippen molar-refractivity contribution in [1.82, 2.24) is 9.88 Å². The van der Waals surface area contributed by atoms with Crippen LogP contribution >= 0.6 is 0 Å². The first-order chi connectivity index (χ1) is 6.90. The molecular weight excluding hydrogens is 176 g/mol. The van der Waals surface area contributed by atoms with Crippen molar-refractivity contribution in [3.63, 3.8) is 0 Å². The molecule has 1 N–H and O–H groups in total. The molecule has 0 radical (unpaired) electrons. The first-order valence-corrected chi connectivity index (χ1v) is 5.15. The molecule has 0 spiro atoms. The highest BCUT2D eigenvalue weighted by Crippen LogP contribution is 2.18. The van der Waals surface area contributed by atoms with E-state index in [9.17, 15) is 0 Å². The Bertz CT molecular complexity index is 276. The van der Waals surface area contributed by atoms with Crippen LogP contribution in [0.3, 0.4) is 0 Å². The Morgan fingerprint density at radius 3 is 3.14 bits per heavy atom. The normalized spacial score (nSPS) is 22.8. The van der Waals surface area contributed by atoms with Gasteiger partial charge in [-0.15, -0.1) is 0 Å². The van der Waals surface area contributed by atoms with Gasteiger partial charge in [0.15, 0.2) is 0 Å². The minimum absolute atomic E-state index is 0.271. The maximum atomic E-state index is 9.15. The number of aromatic nitrogens is 1. The standard InChI is InChI=1S/C11H16N2O/c14-9-11-5-3-7-13(11)8-10-4-1-2-6-12-10/h1-2,4,6,11,14H,3,5,7-9H2/t11-/m0/s1. The highest BCUT2D eigenvalue weighted by Gasteiger charge is 2.23. The van der Waals surface area contributed by atoms with Crippen molar-refractivity contribution < 1.29 is 5.11 Å². The molecule has 3 heteroatoms. The van der Waals surface area contributed by atoms with Crippen molar-refractivity contribution in [2.75, 3.05) is 13.2 Å². The van der Waals surface area contributed by atoms with E-state index in [4.69, 9.17) is 5.11 Å². The summed E-state index contributed by atoms with van der Waals surface area (Å²) in [5.41, 5.74) is 1.09. The topological polar surface area (TPSA) is 36.4 Å². The summed E-state index contributed by atoms with van der Waals surface area (Å²) < 4.78 is 0. The molecule has 1 aliphatic heterocycles. The molecule has 0 unspecified atom stereocenters. The lowest BCUT2D eigenvalue weighted by Crippen LogP contribution is -2.31. The highest BCUT2D eigenvalue weighted by atomic mass is 16.3. The monoisotopic (exact) mass is 192 g/mol. The molecule has 0 amide bonds. The van der Waals surface area contributed by atoms with Gasteiger partial charge in [-0.05, 0) is 31.5 Å². The van der Waals surface area contributed by atoms with Crippen LogP contribution < -0.4 is 0 Å². The Morgan fingerprint density at radius 1 is 1.50 bits per heavy atom. The molecule has 14 heavy (non-hydrogen) atoms. The van der Waals surface area contributed by atoms with Crippen LogP contribution in [0.25, 0.3) is 0 Å². The number of aliphatic hydroxyl groups excluding tert-OH is 1. The van der Waals surface area contributed by atoms with Gasteiger partial charge >= 0.3 is 0 Å². The lowest BCUT2D eigenvalue weighted by atomic mass is 10.2. The molecule has 0 aliphatic carbocycles. The molecule has 3 nitrogen and oxygen atoms in total. The van der Waals surface area contributed by atoms with Gasteiger partial charge in [0.1, 0.15) is 0 Å². The first kappa shape index (κ1) is 9.62. The van der Waals surface area contributed by atoms with E-state index in [0.717, 1.165) is 25.2 Å². The summed E-state index contributed by atoms with van der Waals surface area (Å²) in [7, 11) is 0. The van der Waals surface area contributed by atoms with Crippen LogP contribution in [0.2, 0.25) is 0 Å². The van der Waals surface area contributed by atoms with Crippen molar-refractivity contribution in [3.8, 4) is 0 Å². The SMILES string of the molecule is OC[C@@H]1CCCN1Cc1ccccn1. The first-order valence-electron chi connectivity index (χ1n) is 5.15. The summed E-state index contributed by atoms with van der Waals surface area (Å²) in [4.78, 5) is 6.60. The second kappa shape index (κ2) is 4.53. The van der Waals surface area contributed by atoms with E-state index in [1.807, 2.05) is 24.4 Å². The molecule has 1 atom stereocenters. The number of aliphatic hydroxyl groups is 1. The lowest BCUT2D eigenvalue weighted by molar-refractivity contribution is 0.152. The van der Waals surface area contributed by atoms with Crippen LogP contribution in [0.1, 0.15) is 18.5 Å². The van der Waals surface area contributed by atoms with Crippen LogP contribution in [0, 0.1) is 0 Å². The van der Waals surface area contributed by atoms with Crippen LogP contribution in [-0.4, -0.2) is 34.2 Å². The number of hydrogen-bond donors (Lipinski definition) is 1. The summed E-state index contributed by atoms with van der Waals surface area (Å²) >= 11 is 0. The van der Waals surface area contributed by atoms with Gasteiger partial charge in [0, 0.05) is 18.8 Å². The van der Waals surface area contributed by atoms with Gasteiger partial charge in [-0.1, -0.05) is 6.07 Å². The number of pyridine rings is 1. The molecular formula is C11H16N2O. The van der Waals surface area contributed by atoms with E-state index in [2.05, 4.69) is 9.88 Å². The van der Waals surface area contributed by atoms with E-state index in [1.54, 1.807) is 0 Å². The molecule has 2 heterocycles. The second-order valence-corrected chi connectivity index (χ2v) is 3.77. The van der Waals surface area contributed by atoms with Gasteiger partial charge in [-0.3, -0.25) is 9.88 Å². The van der Waals surface area contributed by atoms with Crippen molar-refractivity contribution in [1.29, 1.82) is 0 Å². The van der Waals surface area contributed by atoms with Crippen LogP contribution in [0.15, 0.2) is 24.4 Å². The third kappa shape index (κ3) is 2.11. The smallest absolute Gasteiger partial charge is 0.0587 e. The van der Waals surface area contributed by atoms with Gasteiger partial charge in [-0.2, -0.15) is 0 Å². The third-order valence-electron chi connectivity index (χ3n) is 2.80. The van der Waals surface area contributed by atoms with Crippen LogP contribution in [0.5, 0.6) is 0 Å². The van der Waals surface area contributed by atoms with Crippen LogP contribution in [0.4, 0.5) is 0 Å². The lowest BCUT2D eigenvalue weighted by Gasteiger charge is -2.21. The summed E-state index contributed by atoms with van der Waals surface area (Å²) in [5, 5.41) is 9.15. The Hall–Kier alpha value is -0.930. The highest BCUT2D eigenvalue weighted by molar-refractivity contribution is 5.04. The fourth-order valence-corrected chi connectivity index (χ4v) is 2.01. The molecule has 1 aliphatic rings. The van der Waals surface area contributed by atoms with Gasteiger partial charge in [0.05, 0.1) is 12.3 Å². The average molecular weight is 192 g/mol. The summed E-state index contributed by atoms with van der Waals surface area (Å²) in [6, 6.07) is 6.31. The van der Waals surface area contributed by atoms with Gasteiger partial charge < -0.3 is 5.11 Å². The Labute approximate surface area is 84.4 Å². The molecule has 0 saturated carbocycles. The third-order valence-corrected chi connectivity index (χ3v) is 2.80. The van der Waals surface area contributed by atoms with Gasteiger partial charge in [0.25, 0.3) is 0 Å². The predicted octanol–water partition coefficient (Wildman–Crippen LogP) is 1.04. The Kier molecular flexibility index (Phi) is 3.11. The van der Waals surface area contributed by atoms with Crippen molar-refractivity contribution >= 4 is 0 Å². The quantitative estimate of drug-likeness (QED) is 0.777. The molecule has 76 valence electrons. The van der Waals surface area contributed by atoms with Gasteiger partial charge in [-0.25, -0.2) is 0 Å². The summed E-state index contributed by atoms with van der Waals surface area (Å²) in [5.74, 6) is 0. The second-order valence-electron chi connectivity index (χ2n) is 3.77. The summed E-state index contributed by atoms with van der Waals surface area (Å²) in [6.07, 6.45) is 4.13. The zero-order valence-corrected chi connectivity index (χ0v) is 8.26. The number of nitrogens with zero attached hydrogens (tertiary/aromatic N) is 2. The largest absolute Gasteiger partial charge is 0.395 e. The maximum Gasteiger partial charge on any atom is 0.0587 e. The van der Waals surface area contributed by atoms with E-state index >= 15 is 0 Å². The molecule has 1 aromatic heterocycles. The Morgan fingerprint density at radius 2 is 2.43 bits per heavy atom. The molecule has 2 rings (SSSR count). The minimum Gasteiger partial charge on any atom is -0.395 e.